The van der Waals surface area contributed by atoms with Gasteiger partial charge in [-0.3, -0.25) is 13.6 Å². The first-order valence-corrected chi connectivity index (χ1v) is 8.78. The van der Waals surface area contributed by atoms with Gasteiger partial charge in [0.15, 0.2) is 0 Å². The number of nitrogens with zero attached hydrogens (tertiary/aromatic N) is 3. The third-order valence-electron chi connectivity index (χ3n) is 4.43. The van der Waals surface area contributed by atoms with Crippen molar-refractivity contribution in [1.82, 2.24) is 14.5 Å². The second-order valence-corrected chi connectivity index (χ2v) is 6.98. The highest BCUT2D eigenvalue weighted by molar-refractivity contribution is 7.84. The van der Waals surface area contributed by atoms with Crippen molar-refractivity contribution in [1.29, 1.82) is 0 Å². The van der Waals surface area contributed by atoms with Crippen LogP contribution in [0.4, 0.5) is 0 Å². The predicted molar refractivity (Wildman–Crippen MR) is 83.1 cm³/mol. The minimum atomic E-state index is -1.25. The van der Waals surface area contributed by atoms with E-state index in [1.54, 1.807) is 12.5 Å². The molecular weight excluding hydrogens is 286 g/mol. The summed E-state index contributed by atoms with van der Waals surface area (Å²) in [6.07, 6.45) is 7.55. The minimum Gasteiger partial charge on any atom is -0.289 e. The maximum absolute atomic E-state index is 12.7. The zero-order chi connectivity index (χ0) is 15.1. The first-order valence-electron chi connectivity index (χ1n) is 7.22. The van der Waals surface area contributed by atoms with E-state index in [2.05, 4.69) is 9.97 Å². The Balaban J connectivity index is 2.39. The van der Waals surface area contributed by atoms with Crippen LogP contribution in [0.15, 0.2) is 16.1 Å². The van der Waals surface area contributed by atoms with Crippen molar-refractivity contribution in [2.24, 2.45) is 0 Å². The topological polar surface area (TPSA) is 64.8 Å². The average Bonchev–Trinajstić information content (AvgIpc) is 2.98. The highest BCUT2D eigenvalue weighted by Crippen LogP contribution is 2.31. The molecule has 0 aromatic carbocycles. The van der Waals surface area contributed by atoms with Crippen LogP contribution < -0.4 is 5.56 Å². The molecule has 2 heterocycles. The molecule has 21 heavy (non-hydrogen) atoms. The highest BCUT2D eigenvalue weighted by atomic mass is 32.2. The minimum absolute atomic E-state index is 0.0263. The molecule has 5 nitrogen and oxygen atoms in total. The third-order valence-corrected chi connectivity index (χ3v) is 5.14. The van der Waals surface area contributed by atoms with Crippen molar-refractivity contribution in [3.63, 3.8) is 0 Å². The Morgan fingerprint density at radius 3 is 2.52 bits per heavy atom. The smallest absolute Gasteiger partial charge is 0.255 e. The maximum atomic E-state index is 12.7. The van der Waals surface area contributed by atoms with Crippen LogP contribution in [0.5, 0.6) is 0 Å². The lowest BCUT2D eigenvalue weighted by Crippen LogP contribution is -2.27. The van der Waals surface area contributed by atoms with Gasteiger partial charge < -0.3 is 0 Å². The molecule has 0 amide bonds. The van der Waals surface area contributed by atoms with E-state index < -0.39 is 10.8 Å². The number of aryl methyl sites for hydroxylation is 1. The summed E-state index contributed by atoms with van der Waals surface area (Å²) in [6, 6.07) is 0.201. The van der Waals surface area contributed by atoms with Gasteiger partial charge in [0.1, 0.15) is 5.65 Å². The molecular formula is C15H19N3O2S. The van der Waals surface area contributed by atoms with Gasteiger partial charge in [-0.2, -0.15) is 0 Å². The van der Waals surface area contributed by atoms with Crippen LogP contribution in [0.1, 0.15) is 42.9 Å². The monoisotopic (exact) mass is 305 g/mol. The number of hydrogen-bond donors (Lipinski definition) is 0. The predicted octanol–water partition coefficient (Wildman–Crippen LogP) is 2.26. The zero-order valence-corrected chi connectivity index (χ0v) is 13.4. The summed E-state index contributed by atoms with van der Waals surface area (Å²) in [4.78, 5) is 21.3. The SMILES string of the molecule is Cc1c(C)c2cnc(S(C)=O)nc2n(C2CCCC2)c1=O. The Hall–Kier alpha value is -1.56. The van der Waals surface area contributed by atoms with Crippen molar-refractivity contribution in [2.75, 3.05) is 6.26 Å². The van der Waals surface area contributed by atoms with E-state index in [1.165, 1.54) is 0 Å². The summed E-state index contributed by atoms with van der Waals surface area (Å²) < 4.78 is 13.5. The number of aromatic nitrogens is 3. The number of hydrogen-bond acceptors (Lipinski definition) is 4. The Kier molecular flexibility index (Phi) is 3.65. The first kappa shape index (κ1) is 14.4. The molecule has 1 saturated carbocycles. The lowest BCUT2D eigenvalue weighted by Gasteiger charge is -2.18. The van der Waals surface area contributed by atoms with Crippen molar-refractivity contribution >= 4 is 21.8 Å². The highest BCUT2D eigenvalue weighted by Gasteiger charge is 2.23. The van der Waals surface area contributed by atoms with Crippen LogP contribution in [0.3, 0.4) is 0 Å². The lowest BCUT2D eigenvalue weighted by molar-refractivity contribution is 0.512. The molecule has 0 saturated heterocycles. The molecule has 0 spiro atoms. The van der Waals surface area contributed by atoms with Gasteiger partial charge in [0.25, 0.3) is 5.56 Å². The fourth-order valence-corrected chi connectivity index (χ4v) is 3.50. The Bertz CT molecular complexity index is 792. The lowest BCUT2D eigenvalue weighted by atomic mass is 10.1. The van der Waals surface area contributed by atoms with Crippen LogP contribution in [0.25, 0.3) is 11.0 Å². The summed E-state index contributed by atoms with van der Waals surface area (Å²) in [7, 11) is -1.25. The molecule has 0 N–H and O–H groups in total. The molecule has 6 heteroatoms. The quantitative estimate of drug-likeness (QED) is 0.798. The third kappa shape index (κ3) is 2.31. The van der Waals surface area contributed by atoms with Gasteiger partial charge in [-0.05, 0) is 32.3 Å². The molecule has 1 aliphatic rings. The standard InChI is InChI=1S/C15H19N3O2S/c1-9-10(2)14(19)18(11-6-4-5-7-11)13-12(9)8-16-15(17-13)21(3)20/h8,11H,4-7H2,1-3H3. The number of rotatable bonds is 2. The Labute approximate surface area is 125 Å². The Morgan fingerprint density at radius 2 is 1.90 bits per heavy atom. The second kappa shape index (κ2) is 5.33. The van der Waals surface area contributed by atoms with Gasteiger partial charge >= 0.3 is 0 Å². The normalized spacial score (nSPS) is 17.5. The molecule has 0 bridgehead atoms. The molecule has 0 radical (unpaired) electrons. The summed E-state index contributed by atoms with van der Waals surface area (Å²) in [5.41, 5.74) is 2.33. The molecule has 1 fully saturated rings. The van der Waals surface area contributed by atoms with E-state index in [9.17, 15) is 9.00 Å². The molecule has 1 atom stereocenters. The van der Waals surface area contributed by atoms with Crippen molar-refractivity contribution < 1.29 is 4.21 Å². The van der Waals surface area contributed by atoms with E-state index in [0.29, 0.717) is 5.65 Å². The van der Waals surface area contributed by atoms with Gasteiger partial charge in [0.05, 0.1) is 10.8 Å². The number of pyridine rings is 1. The van der Waals surface area contributed by atoms with E-state index >= 15 is 0 Å². The van der Waals surface area contributed by atoms with Crippen LogP contribution >= 0.6 is 0 Å². The van der Waals surface area contributed by atoms with Crippen molar-refractivity contribution in [2.45, 2.75) is 50.7 Å². The molecule has 112 valence electrons. The van der Waals surface area contributed by atoms with Gasteiger partial charge in [0.2, 0.25) is 5.16 Å². The van der Waals surface area contributed by atoms with Gasteiger partial charge in [0, 0.05) is 29.4 Å². The molecule has 2 aromatic heterocycles. The van der Waals surface area contributed by atoms with Gasteiger partial charge in [-0.1, -0.05) is 12.8 Å². The molecule has 2 aromatic rings. The second-order valence-electron chi connectivity index (χ2n) is 5.71. The van der Waals surface area contributed by atoms with Gasteiger partial charge in [-0.15, -0.1) is 0 Å². The molecule has 0 aliphatic heterocycles. The van der Waals surface area contributed by atoms with Crippen LogP contribution in [0.2, 0.25) is 0 Å². The average molecular weight is 305 g/mol. The fraction of sp³-hybridized carbons (Fsp3) is 0.533. The van der Waals surface area contributed by atoms with E-state index in [-0.39, 0.29) is 16.8 Å². The first-order chi connectivity index (χ1) is 10.0. The van der Waals surface area contributed by atoms with E-state index in [0.717, 1.165) is 42.2 Å². The largest absolute Gasteiger partial charge is 0.289 e. The molecule has 3 rings (SSSR count). The summed E-state index contributed by atoms with van der Waals surface area (Å²) in [6.45, 7) is 3.78. The van der Waals surface area contributed by atoms with Crippen molar-refractivity contribution in [3.05, 3.63) is 27.7 Å². The van der Waals surface area contributed by atoms with E-state index in [4.69, 9.17) is 0 Å². The summed E-state index contributed by atoms with van der Waals surface area (Å²) >= 11 is 0. The zero-order valence-electron chi connectivity index (χ0n) is 12.5. The van der Waals surface area contributed by atoms with Crippen LogP contribution in [0, 0.1) is 13.8 Å². The number of fused-ring (bicyclic) bond motifs is 1. The molecule has 1 unspecified atom stereocenters. The van der Waals surface area contributed by atoms with Crippen LogP contribution in [-0.2, 0) is 10.8 Å². The fourth-order valence-electron chi connectivity index (χ4n) is 3.08. The summed E-state index contributed by atoms with van der Waals surface area (Å²) in [5, 5.41) is 1.17. The maximum Gasteiger partial charge on any atom is 0.255 e. The van der Waals surface area contributed by atoms with Crippen LogP contribution in [-0.4, -0.2) is 25.0 Å². The van der Waals surface area contributed by atoms with Gasteiger partial charge in [-0.25, -0.2) is 9.97 Å². The Morgan fingerprint density at radius 1 is 1.24 bits per heavy atom. The van der Waals surface area contributed by atoms with E-state index in [1.807, 2.05) is 18.4 Å². The summed E-state index contributed by atoms with van der Waals surface area (Å²) in [5.74, 6) is 0. The molecule has 1 aliphatic carbocycles. The van der Waals surface area contributed by atoms with Crippen molar-refractivity contribution in [3.8, 4) is 0 Å².